The molecule has 1 fully saturated rings. The third-order valence-electron chi connectivity index (χ3n) is 5.04. The fourth-order valence-corrected chi connectivity index (χ4v) is 3.92. The molecule has 130 valence electrons. The van der Waals surface area contributed by atoms with Crippen LogP contribution in [0.3, 0.4) is 0 Å². The Morgan fingerprint density at radius 1 is 1.32 bits per heavy atom. The minimum atomic E-state index is 0.121. The van der Waals surface area contributed by atoms with Gasteiger partial charge in [0.15, 0.2) is 0 Å². The molecule has 0 saturated heterocycles. The fourth-order valence-electron chi connectivity index (χ4n) is 3.60. The van der Waals surface area contributed by atoms with Crippen LogP contribution in [0.15, 0.2) is 30.5 Å². The topological polar surface area (TPSA) is 42.4 Å². The average Bonchev–Trinajstić information content (AvgIpc) is 3.48. The summed E-state index contributed by atoms with van der Waals surface area (Å²) in [5, 5.41) is 0.782. The van der Waals surface area contributed by atoms with Gasteiger partial charge in [0.25, 0.3) is 5.91 Å². The van der Waals surface area contributed by atoms with Crippen molar-refractivity contribution in [2.75, 3.05) is 13.7 Å². The zero-order valence-electron chi connectivity index (χ0n) is 14.3. The lowest BCUT2D eigenvalue weighted by Crippen LogP contribution is -2.37. The molecule has 1 aliphatic heterocycles. The second-order valence-corrected chi connectivity index (χ2v) is 7.34. The Kier molecular flexibility index (Phi) is 4.50. The number of aromatic nitrogens is 1. The molecule has 25 heavy (non-hydrogen) atoms. The highest BCUT2D eigenvalue weighted by Crippen LogP contribution is 2.44. The molecule has 2 aromatic rings. The number of benzene rings is 1. The highest BCUT2D eigenvalue weighted by Gasteiger charge is 2.32. The summed E-state index contributed by atoms with van der Waals surface area (Å²) in [4.78, 5) is 19.4. The summed E-state index contributed by atoms with van der Waals surface area (Å²) in [6.07, 6.45) is 5.16. The Morgan fingerprint density at radius 2 is 2.16 bits per heavy atom. The number of carbonyl (C=O) groups excluding carboxylic acids is 1. The summed E-state index contributed by atoms with van der Waals surface area (Å²) in [5.74, 6) is 1.55. The quantitative estimate of drug-likeness (QED) is 0.710. The monoisotopic (exact) mass is 400 g/mol. The smallest absolute Gasteiger partial charge is 0.254 e. The third kappa shape index (κ3) is 3.30. The van der Waals surface area contributed by atoms with Crippen LogP contribution in [0.25, 0.3) is 0 Å². The van der Waals surface area contributed by atoms with Crippen molar-refractivity contribution in [2.45, 2.75) is 37.1 Å². The van der Waals surface area contributed by atoms with Gasteiger partial charge in [-0.3, -0.25) is 9.78 Å². The molecule has 0 spiro atoms. The summed E-state index contributed by atoms with van der Waals surface area (Å²) in [7, 11) is 1.64. The predicted octanol–water partition coefficient (Wildman–Crippen LogP) is 4.06. The summed E-state index contributed by atoms with van der Waals surface area (Å²) in [5.41, 5.74) is 5.60. The van der Waals surface area contributed by atoms with Crippen molar-refractivity contribution in [1.82, 2.24) is 9.88 Å². The van der Waals surface area contributed by atoms with Crippen LogP contribution in [-0.2, 0) is 18.3 Å². The summed E-state index contributed by atoms with van der Waals surface area (Å²) in [6.45, 7) is 1.27. The number of alkyl halides is 1. The van der Waals surface area contributed by atoms with Crippen molar-refractivity contribution in [3.63, 3.8) is 0 Å². The standard InChI is InChI=1S/C20H21BrN2O2/c1-25-16-4-6-22-15(10-16)12-23-7-5-17-18(14-2-3-14)8-13(11-21)9-19(17)20(23)24/h4,6,8-10,14H,2-3,5,7,11-12H2,1H3. The zero-order valence-corrected chi connectivity index (χ0v) is 15.9. The van der Waals surface area contributed by atoms with Crippen LogP contribution < -0.4 is 4.74 Å². The average molecular weight is 401 g/mol. The maximum Gasteiger partial charge on any atom is 0.254 e. The molecular weight excluding hydrogens is 380 g/mol. The second kappa shape index (κ2) is 6.79. The van der Waals surface area contributed by atoms with Crippen molar-refractivity contribution >= 4 is 21.8 Å². The van der Waals surface area contributed by atoms with Gasteiger partial charge in [0.05, 0.1) is 19.3 Å². The molecule has 2 aliphatic rings. The first kappa shape index (κ1) is 16.6. The molecular formula is C20H21BrN2O2. The highest BCUT2D eigenvalue weighted by molar-refractivity contribution is 9.08. The van der Waals surface area contributed by atoms with Crippen molar-refractivity contribution in [3.8, 4) is 5.75 Å². The lowest BCUT2D eigenvalue weighted by Gasteiger charge is -2.30. The number of hydrogen-bond acceptors (Lipinski definition) is 3. The molecule has 1 amide bonds. The van der Waals surface area contributed by atoms with E-state index in [9.17, 15) is 4.79 Å². The Morgan fingerprint density at radius 3 is 2.88 bits per heavy atom. The maximum absolute atomic E-state index is 13.1. The normalized spacial score (nSPS) is 16.7. The van der Waals surface area contributed by atoms with E-state index in [2.05, 4.69) is 33.0 Å². The van der Waals surface area contributed by atoms with E-state index in [4.69, 9.17) is 4.74 Å². The van der Waals surface area contributed by atoms with Gasteiger partial charge < -0.3 is 9.64 Å². The van der Waals surface area contributed by atoms with Crippen LogP contribution in [0.5, 0.6) is 5.75 Å². The Labute approximate surface area is 156 Å². The van der Waals surface area contributed by atoms with E-state index in [0.717, 1.165) is 35.3 Å². The fraction of sp³-hybridized carbons (Fsp3) is 0.400. The number of hydrogen-bond donors (Lipinski definition) is 0. The van der Waals surface area contributed by atoms with Gasteiger partial charge in [0.1, 0.15) is 5.75 Å². The lowest BCUT2D eigenvalue weighted by atomic mass is 9.89. The number of fused-ring (bicyclic) bond motifs is 1. The van der Waals surface area contributed by atoms with Gasteiger partial charge in [-0.25, -0.2) is 0 Å². The number of ether oxygens (including phenoxy) is 1. The van der Waals surface area contributed by atoms with E-state index in [1.54, 1.807) is 13.3 Å². The molecule has 2 heterocycles. The largest absolute Gasteiger partial charge is 0.497 e. The summed E-state index contributed by atoms with van der Waals surface area (Å²) in [6, 6.07) is 8.07. The molecule has 4 nitrogen and oxygen atoms in total. The second-order valence-electron chi connectivity index (χ2n) is 6.78. The van der Waals surface area contributed by atoms with Crippen LogP contribution in [0.2, 0.25) is 0 Å². The molecule has 1 aliphatic carbocycles. The van der Waals surface area contributed by atoms with Crippen LogP contribution >= 0.6 is 15.9 Å². The minimum absolute atomic E-state index is 0.121. The molecule has 1 saturated carbocycles. The van der Waals surface area contributed by atoms with Crippen molar-refractivity contribution in [1.29, 1.82) is 0 Å². The first-order valence-corrected chi connectivity index (χ1v) is 9.81. The van der Waals surface area contributed by atoms with E-state index >= 15 is 0 Å². The molecule has 1 aromatic carbocycles. The number of carbonyl (C=O) groups is 1. The Balaban J connectivity index is 1.63. The zero-order chi connectivity index (χ0) is 17.4. The maximum atomic E-state index is 13.1. The number of pyridine rings is 1. The molecule has 0 unspecified atom stereocenters. The molecule has 0 atom stereocenters. The molecule has 0 bridgehead atoms. The molecule has 1 aromatic heterocycles. The molecule has 4 rings (SSSR count). The lowest BCUT2D eigenvalue weighted by molar-refractivity contribution is 0.0724. The first-order chi connectivity index (χ1) is 12.2. The first-order valence-electron chi connectivity index (χ1n) is 8.69. The number of rotatable bonds is 5. The number of nitrogens with zero attached hydrogens (tertiary/aromatic N) is 2. The van der Waals surface area contributed by atoms with Crippen molar-refractivity contribution in [3.05, 3.63) is 58.4 Å². The van der Waals surface area contributed by atoms with E-state index in [1.165, 1.54) is 29.5 Å². The number of methoxy groups -OCH3 is 1. The Bertz CT molecular complexity index is 817. The van der Waals surface area contributed by atoms with Crippen LogP contribution in [-0.4, -0.2) is 29.4 Å². The van der Waals surface area contributed by atoms with Crippen LogP contribution in [0.1, 0.15) is 51.5 Å². The number of halogens is 1. The summed E-state index contributed by atoms with van der Waals surface area (Å²) >= 11 is 3.54. The van der Waals surface area contributed by atoms with Crippen molar-refractivity contribution in [2.24, 2.45) is 0 Å². The van der Waals surface area contributed by atoms with Gasteiger partial charge in [0, 0.05) is 29.7 Å². The van der Waals surface area contributed by atoms with E-state index in [1.807, 2.05) is 17.0 Å². The van der Waals surface area contributed by atoms with E-state index in [0.29, 0.717) is 12.5 Å². The predicted molar refractivity (Wildman–Crippen MR) is 100 cm³/mol. The highest BCUT2D eigenvalue weighted by atomic mass is 79.9. The van der Waals surface area contributed by atoms with E-state index < -0.39 is 0 Å². The van der Waals surface area contributed by atoms with Gasteiger partial charge in [-0.2, -0.15) is 0 Å². The van der Waals surface area contributed by atoms with Crippen LogP contribution in [0.4, 0.5) is 0 Å². The van der Waals surface area contributed by atoms with Crippen molar-refractivity contribution < 1.29 is 9.53 Å². The third-order valence-corrected chi connectivity index (χ3v) is 5.69. The van der Waals surface area contributed by atoms with Gasteiger partial charge in [-0.15, -0.1) is 0 Å². The van der Waals surface area contributed by atoms with Crippen LogP contribution in [0, 0.1) is 0 Å². The summed E-state index contributed by atoms with van der Waals surface area (Å²) < 4.78 is 5.26. The molecule has 0 radical (unpaired) electrons. The molecule has 5 heteroatoms. The van der Waals surface area contributed by atoms with Gasteiger partial charge >= 0.3 is 0 Å². The van der Waals surface area contributed by atoms with Gasteiger partial charge in [0.2, 0.25) is 0 Å². The number of amides is 1. The Hall–Kier alpha value is -1.88. The van der Waals surface area contributed by atoms with Gasteiger partial charge in [-0.05, 0) is 54.0 Å². The van der Waals surface area contributed by atoms with E-state index in [-0.39, 0.29) is 5.91 Å². The minimum Gasteiger partial charge on any atom is -0.497 e. The SMILES string of the molecule is COc1ccnc(CN2CCc3c(cc(CBr)cc3C3CC3)C2=O)c1. The molecule has 0 N–H and O–H groups in total. The van der Waals surface area contributed by atoms with Gasteiger partial charge in [-0.1, -0.05) is 22.0 Å².